The van der Waals surface area contributed by atoms with Gasteiger partial charge in [0.15, 0.2) is 9.84 Å². The average Bonchev–Trinajstić information content (AvgIpc) is 3.00. The number of rotatable bonds is 1. The quantitative estimate of drug-likeness (QED) is 0.713. The molecule has 1 saturated heterocycles. The molecular formula is C13H11F3O6S. The molecule has 3 rings (SSSR count). The van der Waals surface area contributed by atoms with Crippen molar-refractivity contribution in [2.75, 3.05) is 26.1 Å². The number of methoxy groups -OCH3 is 1. The number of carbonyl (C=O) groups is 1. The number of halogens is 3. The first kappa shape index (κ1) is 16.2. The van der Waals surface area contributed by atoms with Gasteiger partial charge in [0.2, 0.25) is 5.79 Å². The van der Waals surface area contributed by atoms with Crippen LogP contribution in [0.25, 0.3) is 0 Å². The highest BCUT2D eigenvalue weighted by atomic mass is 32.2. The Morgan fingerprint density at radius 2 is 1.87 bits per heavy atom. The highest BCUT2D eigenvalue weighted by Crippen LogP contribution is 2.47. The zero-order valence-electron chi connectivity index (χ0n) is 11.8. The van der Waals surface area contributed by atoms with Gasteiger partial charge in [0.05, 0.1) is 36.3 Å². The molecule has 0 aliphatic carbocycles. The summed E-state index contributed by atoms with van der Waals surface area (Å²) in [6, 6.07) is 1.27. The van der Waals surface area contributed by atoms with Crippen LogP contribution < -0.4 is 0 Å². The molecular weight excluding hydrogens is 341 g/mol. The van der Waals surface area contributed by atoms with Crippen LogP contribution >= 0.6 is 0 Å². The van der Waals surface area contributed by atoms with Crippen LogP contribution in [0.1, 0.15) is 21.5 Å². The van der Waals surface area contributed by atoms with E-state index < -0.39 is 49.5 Å². The Balaban J connectivity index is 2.31. The summed E-state index contributed by atoms with van der Waals surface area (Å²) >= 11 is 0. The second-order valence-electron chi connectivity index (χ2n) is 5.09. The first-order valence-corrected chi connectivity index (χ1v) is 8.11. The van der Waals surface area contributed by atoms with Gasteiger partial charge in [-0.25, -0.2) is 13.2 Å². The molecule has 6 nitrogen and oxygen atoms in total. The van der Waals surface area contributed by atoms with Crippen LogP contribution in [-0.2, 0) is 36.0 Å². The third-order valence-electron chi connectivity index (χ3n) is 3.71. The number of fused-ring (bicyclic) bond motifs is 2. The number of esters is 1. The number of hydrogen-bond acceptors (Lipinski definition) is 6. The Hall–Kier alpha value is -1.65. The van der Waals surface area contributed by atoms with Gasteiger partial charge in [-0.2, -0.15) is 13.2 Å². The van der Waals surface area contributed by atoms with Gasteiger partial charge in [0.1, 0.15) is 5.75 Å². The third-order valence-corrected chi connectivity index (χ3v) is 5.48. The first-order chi connectivity index (χ1) is 10.6. The number of hydrogen-bond donors (Lipinski definition) is 0. The molecule has 2 heterocycles. The molecule has 0 radical (unpaired) electrons. The van der Waals surface area contributed by atoms with Crippen LogP contribution in [0, 0.1) is 0 Å². The lowest BCUT2D eigenvalue weighted by atomic mass is 9.99. The van der Waals surface area contributed by atoms with E-state index in [0.717, 1.165) is 7.11 Å². The molecule has 2 aliphatic rings. The zero-order valence-corrected chi connectivity index (χ0v) is 12.6. The molecule has 1 spiro atoms. The van der Waals surface area contributed by atoms with E-state index in [2.05, 4.69) is 4.74 Å². The van der Waals surface area contributed by atoms with E-state index in [1.165, 1.54) is 0 Å². The van der Waals surface area contributed by atoms with E-state index in [0.29, 0.717) is 12.1 Å². The number of sulfone groups is 1. The molecule has 23 heavy (non-hydrogen) atoms. The molecule has 0 bridgehead atoms. The summed E-state index contributed by atoms with van der Waals surface area (Å²) in [6.45, 7) is 0.129. The Labute approximate surface area is 129 Å². The lowest BCUT2D eigenvalue weighted by Gasteiger charge is -2.22. The topological polar surface area (TPSA) is 78.9 Å². The van der Waals surface area contributed by atoms with Crippen LogP contribution in [0.2, 0.25) is 0 Å². The molecule has 0 atom stereocenters. The van der Waals surface area contributed by atoms with E-state index >= 15 is 0 Å². The summed E-state index contributed by atoms with van der Waals surface area (Å²) in [4.78, 5) is 11.2. The van der Waals surface area contributed by atoms with Crippen molar-refractivity contribution in [2.24, 2.45) is 0 Å². The Morgan fingerprint density at radius 3 is 2.39 bits per heavy atom. The van der Waals surface area contributed by atoms with Crippen molar-refractivity contribution in [3.63, 3.8) is 0 Å². The monoisotopic (exact) mass is 352 g/mol. The van der Waals surface area contributed by atoms with Gasteiger partial charge in [-0.1, -0.05) is 0 Å². The fourth-order valence-corrected chi connectivity index (χ4v) is 4.57. The number of carbonyl (C=O) groups excluding carboxylic acids is 1. The fourth-order valence-electron chi connectivity index (χ4n) is 2.75. The van der Waals surface area contributed by atoms with Crippen LogP contribution in [0.3, 0.4) is 0 Å². The van der Waals surface area contributed by atoms with Crippen molar-refractivity contribution in [1.82, 2.24) is 0 Å². The normalized spacial score (nSPS) is 21.4. The van der Waals surface area contributed by atoms with Crippen LogP contribution in [0.15, 0.2) is 17.0 Å². The lowest BCUT2D eigenvalue weighted by molar-refractivity contribution is -0.147. The molecule has 1 fully saturated rings. The Kier molecular flexibility index (Phi) is 3.47. The van der Waals surface area contributed by atoms with Gasteiger partial charge in [-0.05, 0) is 12.1 Å². The summed E-state index contributed by atoms with van der Waals surface area (Å²) in [5, 5.41) is 0. The maximum atomic E-state index is 13.2. The lowest BCUT2D eigenvalue weighted by Crippen LogP contribution is -2.29. The van der Waals surface area contributed by atoms with E-state index in [4.69, 9.17) is 9.47 Å². The van der Waals surface area contributed by atoms with Crippen molar-refractivity contribution in [3.8, 4) is 0 Å². The molecule has 0 amide bonds. The van der Waals surface area contributed by atoms with Crippen molar-refractivity contribution in [2.45, 2.75) is 16.9 Å². The van der Waals surface area contributed by atoms with E-state index in [1.54, 1.807) is 0 Å². The molecule has 0 saturated carbocycles. The van der Waals surface area contributed by atoms with Gasteiger partial charge >= 0.3 is 12.1 Å². The van der Waals surface area contributed by atoms with Gasteiger partial charge in [0, 0.05) is 5.56 Å². The molecule has 1 aromatic rings. The summed E-state index contributed by atoms with van der Waals surface area (Å²) in [5.41, 5.74) is -2.40. The van der Waals surface area contributed by atoms with Crippen molar-refractivity contribution >= 4 is 15.8 Å². The standard InChI is InChI=1S/C13H11F3O6S/c1-20-11(17)7-4-10-9(5-8(7)13(14,15)16)12(6-23(10,18)19)21-2-3-22-12/h4-5H,2-3,6H2,1H3. The number of benzene rings is 1. The molecule has 126 valence electrons. The Morgan fingerprint density at radius 1 is 1.26 bits per heavy atom. The van der Waals surface area contributed by atoms with Gasteiger partial charge < -0.3 is 14.2 Å². The maximum Gasteiger partial charge on any atom is 0.417 e. The Bertz CT molecular complexity index is 778. The van der Waals surface area contributed by atoms with E-state index in [9.17, 15) is 26.4 Å². The maximum absolute atomic E-state index is 13.2. The molecule has 1 aromatic carbocycles. The highest BCUT2D eigenvalue weighted by Gasteiger charge is 2.53. The second-order valence-corrected chi connectivity index (χ2v) is 7.05. The van der Waals surface area contributed by atoms with E-state index in [-0.39, 0.29) is 18.8 Å². The zero-order chi connectivity index (χ0) is 17.0. The fraction of sp³-hybridized carbons (Fsp3) is 0.462. The highest BCUT2D eigenvalue weighted by molar-refractivity contribution is 7.91. The molecule has 0 aromatic heterocycles. The average molecular weight is 352 g/mol. The predicted octanol–water partition coefficient (Wildman–Crippen LogP) is 1.48. The van der Waals surface area contributed by atoms with Gasteiger partial charge in [-0.15, -0.1) is 0 Å². The third kappa shape index (κ3) is 2.41. The second kappa shape index (κ2) is 4.92. The summed E-state index contributed by atoms with van der Waals surface area (Å²) in [7, 11) is -3.04. The van der Waals surface area contributed by atoms with Crippen LogP contribution in [-0.4, -0.2) is 40.5 Å². The van der Waals surface area contributed by atoms with Crippen molar-refractivity contribution in [3.05, 3.63) is 28.8 Å². The largest absolute Gasteiger partial charge is 0.465 e. The minimum absolute atomic E-state index is 0.0645. The molecule has 2 aliphatic heterocycles. The summed E-state index contributed by atoms with van der Waals surface area (Å²) in [5.74, 6) is -3.65. The predicted molar refractivity (Wildman–Crippen MR) is 68.4 cm³/mol. The SMILES string of the molecule is COC(=O)c1cc2c(cc1C(F)(F)F)C1(CS2(=O)=O)OCCO1. The molecule has 0 N–H and O–H groups in total. The first-order valence-electron chi connectivity index (χ1n) is 6.45. The van der Waals surface area contributed by atoms with Crippen molar-refractivity contribution in [1.29, 1.82) is 0 Å². The minimum Gasteiger partial charge on any atom is -0.465 e. The number of ether oxygens (including phenoxy) is 3. The van der Waals surface area contributed by atoms with Gasteiger partial charge in [0.25, 0.3) is 0 Å². The van der Waals surface area contributed by atoms with Crippen LogP contribution in [0.5, 0.6) is 0 Å². The van der Waals surface area contributed by atoms with Gasteiger partial charge in [-0.3, -0.25) is 0 Å². The summed E-state index contributed by atoms with van der Waals surface area (Å²) in [6.07, 6.45) is -4.87. The van der Waals surface area contributed by atoms with Crippen LogP contribution in [0.4, 0.5) is 13.2 Å². The number of alkyl halides is 3. The van der Waals surface area contributed by atoms with Crippen molar-refractivity contribution < 1.29 is 40.6 Å². The minimum atomic E-state index is -4.87. The molecule has 10 heteroatoms. The van der Waals surface area contributed by atoms with E-state index in [1.807, 2.05) is 0 Å². The smallest absolute Gasteiger partial charge is 0.417 e. The summed E-state index contributed by atoms with van der Waals surface area (Å²) < 4.78 is 79.1. The molecule has 0 unspecified atom stereocenters.